The third-order valence-electron chi connectivity index (χ3n) is 2.80. The number of ketones is 1. The molecule has 0 aliphatic rings. The summed E-state index contributed by atoms with van der Waals surface area (Å²) in [5, 5.41) is 2.73. The van der Waals surface area contributed by atoms with Crippen molar-refractivity contribution in [1.29, 1.82) is 0 Å². The SMILES string of the molecule is C=O.C=O.CC(=O)c1cccc(NC(=O)c2cc(Br)c(C)cn2)c1.CN. The maximum Gasteiger partial charge on any atom is 0.274 e. The van der Waals surface area contributed by atoms with E-state index < -0.39 is 0 Å². The number of nitrogens with zero attached hydrogens (tertiary/aromatic N) is 1. The third-order valence-corrected chi connectivity index (χ3v) is 3.65. The second-order valence-corrected chi connectivity index (χ2v) is 5.26. The number of pyridine rings is 1. The van der Waals surface area contributed by atoms with E-state index >= 15 is 0 Å². The van der Waals surface area contributed by atoms with Crippen molar-refractivity contribution in [3.8, 4) is 0 Å². The van der Waals surface area contributed by atoms with Crippen molar-refractivity contribution < 1.29 is 19.2 Å². The van der Waals surface area contributed by atoms with E-state index in [9.17, 15) is 9.59 Å². The molecule has 1 aromatic heterocycles. The predicted octanol–water partition coefficient (Wildman–Crippen LogP) is 2.81. The van der Waals surface area contributed by atoms with Crippen LogP contribution in [0.5, 0.6) is 0 Å². The van der Waals surface area contributed by atoms with Gasteiger partial charge in [-0.2, -0.15) is 0 Å². The van der Waals surface area contributed by atoms with Crippen LogP contribution in [0.3, 0.4) is 0 Å². The first kappa shape index (κ1) is 25.5. The Morgan fingerprint density at radius 3 is 2.19 bits per heavy atom. The molecule has 0 aliphatic heterocycles. The molecular formula is C18H22BrN3O4. The van der Waals surface area contributed by atoms with Gasteiger partial charge in [0.2, 0.25) is 0 Å². The number of amides is 1. The zero-order chi connectivity index (χ0) is 20.7. The first-order chi connectivity index (χ1) is 12.5. The van der Waals surface area contributed by atoms with Crippen molar-refractivity contribution in [2.75, 3.05) is 12.4 Å². The lowest BCUT2D eigenvalue weighted by Crippen LogP contribution is -2.14. The number of rotatable bonds is 3. The Kier molecular flexibility index (Phi) is 14.4. The molecule has 0 atom stereocenters. The molecule has 3 N–H and O–H groups in total. The van der Waals surface area contributed by atoms with Gasteiger partial charge in [-0.1, -0.05) is 28.1 Å². The van der Waals surface area contributed by atoms with E-state index in [-0.39, 0.29) is 11.7 Å². The quantitative estimate of drug-likeness (QED) is 0.732. The Bertz CT molecular complexity index is 721. The van der Waals surface area contributed by atoms with Gasteiger partial charge in [-0.15, -0.1) is 0 Å². The standard InChI is InChI=1S/C15H13BrN2O2.CH5N.2CH2O/c1-9-8-17-14(7-13(9)16)15(20)18-12-5-3-4-11(6-12)10(2)19;3*1-2/h3-8H,1-2H3,(H,18,20);2H2,1H3;2*1H2. The van der Waals surface area contributed by atoms with Gasteiger partial charge in [0.1, 0.15) is 19.3 Å². The molecule has 0 bridgehead atoms. The average molecular weight is 424 g/mol. The molecule has 2 aromatic rings. The normalized spacial score (nSPS) is 8.35. The summed E-state index contributed by atoms with van der Waals surface area (Å²) >= 11 is 3.37. The molecule has 0 unspecified atom stereocenters. The molecule has 0 saturated heterocycles. The second-order valence-electron chi connectivity index (χ2n) is 4.41. The van der Waals surface area contributed by atoms with Crippen molar-refractivity contribution in [2.24, 2.45) is 5.73 Å². The Hall–Kier alpha value is -2.71. The Balaban J connectivity index is 0. The third kappa shape index (κ3) is 8.41. The number of carbonyl (C=O) groups excluding carboxylic acids is 4. The van der Waals surface area contributed by atoms with Gasteiger partial charge in [-0.3, -0.25) is 14.6 Å². The monoisotopic (exact) mass is 423 g/mol. The highest BCUT2D eigenvalue weighted by atomic mass is 79.9. The van der Waals surface area contributed by atoms with Crippen molar-refractivity contribution in [2.45, 2.75) is 13.8 Å². The fourth-order valence-corrected chi connectivity index (χ4v) is 1.95. The summed E-state index contributed by atoms with van der Waals surface area (Å²) in [6, 6.07) is 8.47. The molecule has 0 fully saturated rings. The molecule has 0 radical (unpaired) electrons. The van der Waals surface area contributed by atoms with Crippen molar-refractivity contribution in [3.63, 3.8) is 0 Å². The van der Waals surface area contributed by atoms with Crippen molar-refractivity contribution in [3.05, 3.63) is 57.8 Å². The topological polar surface area (TPSA) is 119 Å². The van der Waals surface area contributed by atoms with Crippen LogP contribution in [0.2, 0.25) is 0 Å². The number of nitrogens with two attached hydrogens (primary N) is 1. The van der Waals surface area contributed by atoms with E-state index in [4.69, 9.17) is 9.59 Å². The minimum absolute atomic E-state index is 0.0442. The van der Waals surface area contributed by atoms with Crippen molar-refractivity contribution >= 4 is 46.9 Å². The zero-order valence-electron chi connectivity index (χ0n) is 14.9. The highest BCUT2D eigenvalue weighted by Gasteiger charge is 2.10. The molecule has 1 aromatic carbocycles. The smallest absolute Gasteiger partial charge is 0.274 e. The molecule has 2 rings (SSSR count). The number of nitrogens with one attached hydrogen (secondary N) is 1. The average Bonchev–Trinajstić information content (AvgIpc) is 2.69. The Morgan fingerprint density at radius 2 is 1.69 bits per heavy atom. The van der Waals surface area contributed by atoms with Gasteiger partial charge in [0, 0.05) is 21.9 Å². The minimum atomic E-state index is -0.314. The number of aromatic nitrogens is 1. The fourth-order valence-electron chi connectivity index (χ4n) is 1.63. The van der Waals surface area contributed by atoms with Gasteiger partial charge in [-0.25, -0.2) is 0 Å². The molecule has 0 aliphatic carbocycles. The molecular weight excluding hydrogens is 402 g/mol. The van der Waals surface area contributed by atoms with Crippen LogP contribution in [0.15, 0.2) is 41.0 Å². The predicted molar refractivity (Wildman–Crippen MR) is 105 cm³/mol. The largest absolute Gasteiger partial charge is 0.333 e. The summed E-state index contributed by atoms with van der Waals surface area (Å²) in [5.74, 6) is -0.358. The van der Waals surface area contributed by atoms with E-state index in [1.54, 1.807) is 36.5 Å². The summed E-state index contributed by atoms with van der Waals surface area (Å²) in [7, 11) is 1.50. The van der Waals surface area contributed by atoms with Gasteiger partial charge >= 0.3 is 0 Å². The number of halogens is 1. The van der Waals surface area contributed by atoms with E-state index in [0.717, 1.165) is 10.0 Å². The highest BCUT2D eigenvalue weighted by Crippen LogP contribution is 2.17. The number of aryl methyl sites for hydroxylation is 1. The molecule has 1 amide bonds. The summed E-state index contributed by atoms with van der Waals surface area (Å²) in [6.07, 6.45) is 1.63. The van der Waals surface area contributed by atoms with Crippen LogP contribution in [0, 0.1) is 6.92 Å². The van der Waals surface area contributed by atoms with Crippen LogP contribution in [-0.2, 0) is 9.59 Å². The van der Waals surface area contributed by atoms with Crippen molar-refractivity contribution in [1.82, 2.24) is 4.98 Å². The van der Waals surface area contributed by atoms with Gasteiger partial charge in [0.25, 0.3) is 5.91 Å². The maximum atomic E-state index is 12.1. The Morgan fingerprint density at radius 1 is 1.12 bits per heavy atom. The first-order valence-corrected chi connectivity index (χ1v) is 7.96. The van der Waals surface area contributed by atoms with Crippen LogP contribution < -0.4 is 11.1 Å². The van der Waals surface area contributed by atoms with Gasteiger partial charge in [-0.05, 0) is 44.7 Å². The van der Waals surface area contributed by atoms with Crippen LogP contribution in [0.25, 0.3) is 0 Å². The lowest BCUT2D eigenvalue weighted by molar-refractivity contribution is -0.0987. The summed E-state index contributed by atoms with van der Waals surface area (Å²) in [6.45, 7) is 7.38. The molecule has 140 valence electrons. The van der Waals surface area contributed by atoms with Crippen LogP contribution in [0.1, 0.15) is 33.3 Å². The molecule has 0 spiro atoms. The number of benzene rings is 1. The van der Waals surface area contributed by atoms with Gasteiger partial charge in [0.05, 0.1) is 0 Å². The maximum absolute atomic E-state index is 12.1. The highest BCUT2D eigenvalue weighted by molar-refractivity contribution is 9.10. The van der Waals surface area contributed by atoms with Crippen LogP contribution >= 0.6 is 15.9 Å². The van der Waals surface area contributed by atoms with E-state index in [0.29, 0.717) is 16.9 Å². The van der Waals surface area contributed by atoms with E-state index in [1.807, 2.05) is 20.5 Å². The summed E-state index contributed by atoms with van der Waals surface area (Å²) in [5.41, 5.74) is 6.90. The molecule has 0 saturated carbocycles. The lowest BCUT2D eigenvalue weighted by Gasteiger charge is -2.07. The number of hydrogen-bond acceptors (Lipinski definition) is 6. The Labute approximate surface area is 161 Å². The van der Waals surface area contributed by atoms with Gasteiger partial charge in [0.15, 0.2) is 5.78 Å². The summed E-state index contributed by atoms with van der Waals surface area (Å²) in [4.78, 5) is 43.5. The molecule has 7 nitrogen and oxygen atoms in total. The number of Topliss-reactive ketones (excluding diaryl/α,β-unsaturated/α-hetero) is 1. The van der Waals surface area contributed by atoms with E-state index in [2.05, 4.69) is 32.0 Å². The van der Waals surface area contributed by atoms with Crippen LogP contribution in [-0.4, -0.2) is 37.3 Å². The number of anilines is 1. The molecule has 8 heteroatoms. The lowest BCUT2D eigenvalue weighted by atomic mass is 10.1. The first-order valence-electron chi connectivity index (χ1n) is 7.17. The van der Waals surface area contributed by atoms with Crippen LogP contribution in [0.4, 0.5) is 5.69 Å². The zero-order valence-corrected chi connectivity index (χ0v) is 16.5. The fraction of sp³-hybridized carbons (Fsp3) is 0.167. The van der Waals surface area contributed by atoms with Gasteiger partial charge < -0.3 is 20.6 Å². The second kappa shape index (κ2) is 14.6. The number of carbonyl (C=O) groups is 4. The van der Waals surface area contributed by atoms with E-state index in [1.165, 1.54) is 14.0 Å². The summed E-state index contributed by atoms with van der Waals surface area (Å²) < 4.78 is 0.829. The minimum Gasteiger partial charge on any atom is -0.333 e. The molecule has 26 heavy (non-hydrogen) atoms. The number of hydrogen-bond donors (Lipinski definition) is 2. The molecule has 1 heterocycles.